The first-order valence-electron chi connectivity index (χ1n) is 8.88. The first-order chi connectivity index (χ1) is 12.7. The van der Waals surface area contributed by atoms with E-state index in [-0.39, 0.29) is 11.9 Å². The lowest BCUT2D eigenvalue weighted by Gasteiger charge is -2.20. The molecule has 0 bridgehead atoms. The third-order valence-corrected chi connectivity index (χ3v) is 4.25. The van der Waals surface area contributed by atoms with Gasteiger partial charge in [-0.1, -0.05) is 42.0 Å². The van der Waals surface area contributed by atoms with E-state index in [0.29, 0.717) is 24.5 Å². The minimum Gasteiger partial charge on any atom is -0.492 e. The summed E-state index contributed by atoms with van der Waals surface area (Å²) in [5.41, 5.74) is 3.01. The number of carbonyl (C=O) groups is 1. The van der Waals surface area contributed by atoms with Gasteiger partial charge in [0.1, 0.15) is 5.75 Å². The molecule has 2 aromatic carbocycles. The second kappa shape index (κ2) is 8.39. The Kier molecular flexibility index (Phi) is 5.74. The Hall–Kier alpha value is -3.01. The second-order valence-corrected chi connectivity index (χ2v) is 6.24. The van der Waals surface area contributed by atoms with Crippen LogP contribution in [0.3, 0.4) is 0 Å². The number of nitrogens with one attached hydrogen (secondary N) is 1. The lowest BCUT2D eigenvalue weighted by Crippen LogP contribution is -2.20. The minimum absolute atomic E-state index is 0.0441. The number of para-hydroxylation sites is 2. The zero-order valence-electron chi connectivity index (χ0n) is 15.2. The number of anilines is 1. The number of benzene rings is 2. The fraction of sp³-hybridized carbons (Fsp3) is 0.227. The molecule has 0 fully saturated rings. The molecule has 3 rings (SSSR count). The summed E-state index contributed by atoms with van der Waals surface area (Å²) in [6, 6.07) is 19.7. The largest absolute Gasteiger partial charge is 0.492 e. The van der Waals surface area contributed by atoms with Crippen LogP contribution in [0.4, 0.5) is 5.69 Å². The van der Waals surface area contributed by atoms with Crippen molar-refractivity contribution in [2.24, 2.45) is 0 Å². The molecule has 0 spiro atoms. The van der Waals surface area contributed by atoms with E-state index in [2.05, 4.69) is 35.0 Å². The average Bonchev–Trinajstić information content (AvgIpc) is 3.16. The summed E-state index contributed by atoms with van der Waals surface area (Å²) in [5.74, 6) is 0.647. The smallest absolute Gasteiger partial charge is 0.226 e. The molecule has 0 saturated heterocycles. The van der Waals surface area contributed by atoms with Crippen molar-refractivity contribution in [3.63, 3.8) is 0 Å². The van der Waals surface area contributed by atoms with E-state index < -0.39 is 0 Å². The monoisotopic (exact) mass is 348 g/mol. The Morgan fingerprint density at radius 3 is 2.58 bits per heavy atom. The standard InChI is InChI=1S/C22H24N2O2/c1-3-26-21-12-5-4-11-19(21)23-22(25)16-20(24-13-6-7-14-24)18-10-8-9-17(2)15-18/h4-15,20H,3,16H2,1-2H3,(H,23,25)/t20-/m0/s1. The molecular formula is C22H24N2O2. The van der Waals surface area contributed by atoms with Crippen LogP contribution < -0.4 is 10.1 Å². The quantitative estimate of drug-likeness (QED) is 0.665. The molecule has 0 aliphatic carbocycles. The third kappa shape index (κ3) is 4.33. The summed E-state index contributed by atoms with van der Waals surface area (Å²) >= 11 is 0. The highest BCUT2D eigenvalue weighted by atomic mass is 16.5. The highest BCUT2D eigenvalue weighted by molar-refractivity contribution is 5.92. The zero-order valence-corrected chi connectivity index (χ0v) is 15.2. The number of aryl methyl sites for hydroxylation is 1. The molecule has 0 unspecified atom stereocenters. The van der Waals surface area contributed by atoms with Gasteiger partial charge in [0.15, 0.2) is 0 Å². The van der Waals surface area contributed by atoms with Crippen LogP contribution in [-0.4, -0.2) is 17.1 Å². The van der Waals surface area contributed by atoms with Crippen molar-refractivity contribution in [1.29, 1.82) is 0 Å². The van der Waals surface area contributed by atoms with Gasteiger partial charge in [0.2, 0.25) is 5.91 Å². The Morgan fingerprint density at radius 2 is 1.85 bits per heavy atom. The van der Waals surface area contributed by atoms with Gasteiger partial charge in [-0.3, -0.25) is 4.79 Å². The molecule has 1 aromatic heterocycles. The molecule has 26 heavy (non-hydrogen) atoms. The molecule has 4 heteroatoms. The fourth-order valence-electron chi connectivity index (χ4n) is 3.06. The van der Waals surface area contributed by atoms with Crippen molar-refractivity contribution >= 4 is 11.6 Å². The number of hydrogen-bond acceptors (Lipinski definition) is 2. The number of ether oxygens (including phenoxy) is 1. The first kappa shape index (κ1) is 17.8. The highest BCUT2D eigenvalue weighted by Gasteiger charge is 2.18. The number of nitrogens with zero attached hydrogens (tertiary/aromatic N) is 1. The predicted molar refractivity (Wildman–Crippen MR) is 105 cm³/mol. The summed E-state index contributed by atoms with van der Waals surface area (Å²) in [5, 5.41) is 2.99. The van der Waals surface area contributed by atoms with Crippen LogP contribution in [0.25, 0.3) is 0 Å². The molecule has 4 nitrogen and oxygen atoms in total. The number of hydrogen-bond donors (Lipinski definition) is 1. The van der Waals surface area contributed by atoms with Crippen LogP contribution in [0, 0.1) is 6.92 Å². The molecule has 0 aliphatic rings. The Balaban J connectivity index is 1.80. The number of amides is 1. The molecule has 0 saturated carbocycles. The predicted octanol–water partition coefficient (Wildman–Crippen LogP) is 4.81. The van der Waals surface area contributed by atoms with E-state index in [0.717, 1.165) is 5.56 Å². The molecular weight excluding hydrogens is 324 g/mol. The zero-order chi connectivity index (χ0) is 18.4. The van der Waals surface area contributed by atoms with Crippen LogP contribution in [0.2, 0.25) is 0 Å². The molecule has 1 atom stereocenters. The first-order valence-corrected chi connectivity index (χ1v) is 8.88. The van der Waals surface area contributed by atoms with Crippen molar-refractivity contribution in [3.05, 3.63) is 84.2 Å². The van der Waals surface area contributed by atoms with Gasteiger partial charge < -0.3 is 14.6 Å². The van der Waals surface area contributed by atoms with E-state index in [1.807, 2.05) is 61.8 Å². The van der Waals surface area contributed by atoms with Gasteiger partial charge in [-0.15, -0.1) is 0 Å². The maximum Gasteiger partial charge on any atom is 0.226 e. The summed E-state index contributed by atoms with van der Waals surface area (Å²) in [4.78, 5) is 12.8. The molecule has 1 N–H and O–H groups in total. The van der Waals surface area contributed by atoms with E-state index in [4.69, 9.17) is 4.74 Å². The third-order valence-electron chi connectivity index (χ3n) is 4.25. The normalized spacial score (nSPS) is 11.8. The van der Waals surface area contributed by atoms with Gasteiger partial charge in [0.05, 0.1) is 24.8 Å². The summed E-state index contributed by atoms with van der Waals surface area (Å²) in [6.07, 6.45) is 4.33. The lowest BCUT2D eigenvalue weighted by molar-refractivity contribution is -0.116. The van der Waals surface area contributed by atoms with Crippen LogP contribution in [-0.2, 0) is 4.79 Å². The van der Waals surface area contributed by atoms with E-state index >= 15 is 0 Å². The summed E-state index contributed by atoms with van der Waals surface area (Å²) in [7, 11) is 0. The van der Waals surface area contributed by atoms with Crippen LogP contribution in [0.15, 0.2) is 73.1 Å². The fourth-order valence-corrected chi connectivity index (χ4v) is 3.06. The Morgan fingerprint density at radius 1 is 1.08 bits per heavy atom. The summed E-state index contributed by atoms with van der Waals surface area (Å²) in [6.45, 7) is 4.55. The van der Waals surface area contributed by atoms with Crippen molar-refractivity contribution in [2.75, 3.05) is 11.9 Å². The lowest BCUT2D eigenvalue weighted by atomic mass is 10.0. The molecule has 1 amide bonds. The molecule has 0 aliphatic heterocycles. The van der Waals surface area contributed by atoms with Crippen LogP contribution >= 0.6 is 0 Å². The van der Waals surface area contributed by atoms with Crippen molar-refractivity contribution in [1.82, 2.24) is 4.57 Å². The number of rotatable bonds is 7. The Labute approximate surface area is 154 Å². The number of carbonyl (C=O) groups excluding carboxylic acids is 1. The van der Waals surface area contributed by atoms with Crippen molar-refractivity contribution in [2.45, 2.75) is 26.3 Å². The van der Waals surface area contributed by atoms with Crippen molar-refractivity contribution < 1.29 is 9.53 Å². The molecule has 0 radical (unpaired) electrons. The maximum absolute atomic E-state index is 12.8. The van der Waals surface area contributed by atoms with Gasteiger partial charge in [0.25, 0.3) is 0 Å². The minimum atomic E-state index is -0.0517. The van der Waals surface area contributed by atoms with Crippen molar-refractivity contribution in [3.8, 4) is 5.75 Å². The number of aromatic nitrogens is 1. The topological polar surface area (TPSA) is 43.3 Å². The van der Waals surface area contributed by atoms with E-state index in [9.17, 15) is 4.79 Å². The van der Waals surface area contributed by atoms with Crippen LogP contribution in [0.5, 0.6) is 5.75 Å². The van der Waals surface area contributed by atoms with Gasteiger partial charge in [0, 0.05) is 12.4 Å². The highest BCUT2D eigenvalue weighted by Crippen LogP contribution is 2.27. The van der Waals surface area contributed by atoms with Gasteiger partial charge in [-0.05, 0) is 43.7 Å². The van der Waals surface area contributed by atoms with Crippen LogP contribution in [0.1, 0.15) is 30.5 Å². The maximum atomic E-state index is 12.8. The molecule has 3 aromatic rings. The van der Waals surface area contributed by atoms with E-state index in [1.165, 1.54) is 5.56 Å². The Bertz CT molecular complexity index is 856. The van der Waals surface area contributed by atoms with E-state index in [1.54, 1.807) is 0 Å². The van der Waals surface area contributed by atoms with Gasteiger partial charge in [-0.2, -0.15) is 0 Å². The van der Waals surface area contributed by atoms with Gasteiger partial charge >= 0.3 is 0 Å². The molecule has 1 heterocycles. The summed E-state index contributed by atoms with van der Waals surface area (Å²) < 4.78 is 7.67. The average molecular weight is 348 g/mol. The second-order valence-electron chi connectivity index (χ2n) is 6.24. The SMILES string of the molecule is CCOc1ccccc1NC(=O)C[C@@H](c1cccc(C)c1)n1cccc1. The molecule has 134 valence electrons. The van der Waals surface area contributed by atoms with Gasteiger partial charge in [-0.25, -0.2) is 0 Å².